The van der Waals surface area contributed by atoms with Crippen LogP contribution in [0.15, 0.2) is 12.4 Å². The van der Waals surface area contributed by atoms with Gasteiger partial charge >= 0.3 is 19.2 Å². The van der Waals surface area contributed by atoms with Gasteiger partial charge in [0.2, 0.25) is 5.91 Å². The summed E-state index contributed by atoms with van der Waals surface area (Å²) in [6.07, 6.45) is 4.53. The Morgan fingerprint density at radius 3 is 2.30 bits per heavy atom. The lowest BCUT2D eigenvalue weighted by Gasteiger charge is -2.36. The number of nitrogens with one attached hydrogen (secondary N) is 1. The number of alkyl carbamates (subject to hydrolysis) is 1. The monoisotopic (exact) mass is 518 g/mol. The van der Waals surface area contributed by atoms with E-state index in [4.69, 9.17) is 18.8 Å². The van der Waals surface area contributed by atoms with Gasteiger partial charge in [0, 0.05) is 36.9 Å². The Morgan fingerprint density at radius 1 is 1.16 bits per heavy atom. The zero-order chi connectivity index (χ0) is 27.6. The van der Waals surface area contributed by atoms with Gasteiger partial charge in [-0.1, -0.05) is 13.8 Å². The van der Waals surface area contributed by atoms with Crippen molar-refractivity contribution < 1.29 is 28.4 Å². The molecule has 0 saturated carbocycles. The van der Waals surface area contributed by atoms with Crippen LogP contribution in [0.1, 0.15) is 75.2 Å². The molecule has 2 saturated heterocycles. The highest BCUT2D eigenvalue weighted by Gasteiger charge is 2.52. The largest absolute Gasteiger partial charge is 0.498 e. The van der Waals surface area contributed by atoms with E-state index < -0.39 is 36.1 Å². The second kappa shape index (κ2) is 11.1. The van der Waals surface area contributed by atoms with Gasteiger partial charge in [0.1, 0.15) is 11.6 Å². The van der Waals surface area contributed by atoms with Gasteiger partial charge in [0.25, 0.3) is 0 Å². The molecule has 0 spiro atoms. The predicted octanol–water partition coefficient (Wildman–Crippen LogP) is 2.94. The molecule has 1 aromatic heterocycles. The van der Waals surface area contributed by atoms with Gasteiger partial charge in [-0.15, -0.1) is 0 Å². The lowest BCUT2D eigenvalue weighted by molar-refractivity contribution is -0.136. The number of piperidine rings is 1. The van der Waals surface area contributed by atoms with Crippen LogP contribution in [0.25, 0.3) is 0 Å². The molecule has 0 bridgehead atoms. The summed E-state index contributed by atoms with van der Waals surface area (Å²) in [6, 6.07) is -0.379. The summed E-state index contributed by atoms with van der Waals surface area (Å²) in [6.45, 7) is 18.8. The van der Waals surface area contributed by atoms with Crippen LogP contribution in [0.4, 0.5) is 4.79 Å². The second-order valence-electron chi connectivity index (χ2n) is 12.4. The Morgan fingerprint density at radius 2 is 1.76 bits per heavy atom. The molecule has 2 aliphatic rings. The minimum absolute atomic E-state index is 0.0764. The summed E-state index contributed by atoms with van der Waals surface area (Å²) in [4.78, 5) is 36.1. The summed E-state index contributed by atoms with van der Waals surface area (Å²) < 4.78 is 23.3. The molecular weight excluding hydrogens is 475 g/mol. The molecule has 2 atom stereocenters. The lowest BCUT2D eigenvalue weighted by atomic mass is 9.81. The molecule has 2 amide bonds. The Hall–Kier alpha value is -2.40. The van der Waals surface area contributed by atoms with E-state index in [1.54, 1.807) is 33.2 Å². The van der Waals surface area contributed by atoms with E-state index >= 15 is 0 Å². The maximum absolute atomic E-state index is 13.3. The first-order valence-electron chi connectivity index (χ1n) is 13.2. The van der Waals surface area contributed by atoms with E-state index in [2.05, 4.69) is 15.3 Å². The maximum atomic E-state index is 13.3. The highest BCUT2D eigenvalue weighted by molar-refractivity contribution is 6.61. The zero-order valence-electron chi connectivity index (χ0n) is 23.8. The number of hydrogen-bond acceptors (Lipinski definition) is 8. The van der Waals surface area contributed by atoms with Crippen LogP contribution in [0.5, 0.6) is 6.01 Å². The number of ether oxygens (including phenoxy) is 2. The van der Waals surface area contributed by atoms with Crippen molar-refractivity contribution in [1.82, 2.24) is 20.2 Å². The van der Waals surface area contributed by atoms with Gasteiger partial charge in [-0.2, -0.15) is 0 Å². The molecule has 2 fully saturated rings. The minimum atomic E-state index is -0.652. The fourth-order valence-corrected chi connectivity index (χ4v) is 4.24. The van der Waals surface area contributed by atoms with Crippen molar-refractivity contribution >= 4 is 24.6 Å². The quantitative estimate of drug-likeness (QED) is 0.549. The second-order valence-corrected chi connectivity index (χ2v) is 12.4. The number of nitrogens with zero attached hydrogens (tertiary/aromatic N) is 3. The van der Waals surface area contributed by atoms with Crippen molar-refractivity contribution in [2.75, 3.05) is 19.7 Å². The highest BCUT2D eigenvalue weighted by atomic mass is 16.7. The number of aromatic nitrogens is 2. The molecule has 2 aliphatic heterocycles. The summed E-state index contributed by atoms with van der Waals surface area (Å²) >= 11 is 0. The first kappa shape index (κ1) is 29.2. The van der Waals surface area contributed by atoms with Crippen LogP contribution in [0.2, 0.25) is 0 Å². The van der Waals surface area contributed by atoms with Gasteiger partial charge in [-0.05, 0) is 67.2 Å². The van der Waals surface area contributed by atoms with E-state index in [1.165, 1.54) is 0 Å². The predicted molar refractivity (Wildman–Crippen MR) is 141 cm³/mol. The third-order valence-electron chi connectivity index (χ3n) is 7.06. The van der Waals surface area contributed by atoms with E-state index in [-0.39, 0.29) is 23.8 Å². The molecule has 0 aromatic carbocycles. The smallest absolute Gasteiger partial charge is 0.463 e. The van der Waals surface area contributed by atoms with Crippen molar-refractivity contribution in [3.05, 3.63) is 12.4 Å². The van der Waals surface area contributed by atoms with Crippen molar-refractivity contribution in [3.63, 3.8) is 0 Å². The van der Waals surface area contributed by atoms with Crippen LogP contribution in [-0.2, 0) is 18.8 Å². The normalized spacial score (nSPS) is 22.1. The Kier molecular flexibility index (Phi) is 8.79. The van der Waals surface area contributed by atoms with E-state index in [1.807, 2.05) is 46.4 Å². The molecule has 10 nitrogen and oxygen atoms in total. The average molecular weight is 518 g/mol. The van der Waals surface area contributed by atoms with Crippen molar-refractivity contribution in [3.8, 4) is 6.01 Å². The molecule has 3 rings (SSSR count). The van der Waals surface area contributed by atoms with Gasteiger partial charge in [-0.3, -0.25) is 4.79 Å². The summed E-state index contributed by atoms with van der Waals surface area (Å²) in [5.41, 5.74) is -0.771. The fourth-order valence-electron chi connectivity index (χ4n) is 4.24. The summed E-state index contributed by atoms with van der Waals surface area (Å²) in [5.74, 6) is -0.0421. The van der Waals surface area contributed by atoms with Gasteiger partial charge in [-0.25, -0.2) is 14.8 Å². The number of likely N-dealkylation sites (tertiary alicyclic amines) is 1. The number of carbonyl (C=O) groups is 2. The van der Waals surface area contributed by atoms with E-state index in [9.17, 15) is 9.59 Å². The van der Waals surface area contributed by atoms with Gasteiger partial charge < -0.3 is 29.0 Å². The number of carbonyl (C=O) groups excluding carboxylic acids is 2. The summed E-state index contributed by atoms with van der Waals surface area (Å²) in [7, 11) is -0.528. The zero-order valence-corrected chi connectivity index (χ0v) is 23.8. The molecule has 1 aromatic rings. The number of rotatable bonds is 7. The van der Waals surface area contributed by atoms with E-state index in [0.717, 1.165) is 18.3 Å². The van der Waals surface area contributed by atoms with Crippen LogP contribution in [-0.4, -0.2) is 76.5 Å². The third-order valence-corrected chi connectivity index (χ3v) is 7.06. The topological polar surface area (TPSA) is 112 Å². The molecule has 11 heteroatoms. The first-order valence-corrected chi connectivity index (χ1v) is 13.2. The molecule has 0 unspecified atom stereocenters. The SMILES string of the molecule is CC(C)[C@H](NC(=O)OC(C)(C)C)C(=O)N1CCC[C@H](COc2ncc(B3OC(C)(C)C(C)(C)O3)cn2)C1. The molecule has 37 heavy (non-hydrogen) atoms. The van der Waals surface area contributed by atoms with Crippen molar-refractivity contribution in [2.24, 2.45) is 11.8 Å². The van der Waals surface area contributed by atoms with Crippen LogP contribution >= 0.6 is 0 Å². The molecular formula is C26H43BN4O6. The summed E-state index contributed by atoms with van der Waals surface area (Å²) in [5, 5.41) is 2.76. The molecule has 206 valence electrons. The highest BCUT2D eigenvalue weighted by Crippen LogP contribution is 2.36. The maximum Gasteiger partial charge on any atom is 0.498 e. The number of amides is 2. The van der Waals surface area contributed by atoms with Crippen LogP contribution < -0.4 is 15.5 Å². The average Bonchev–Trinajstić information content (AvgIpc) is 3.01. The van der Waals surface area contributed by atoms with E-state index in [0.29, 0.717) is 19.7 Å². The van der Waals surface area contributed by atoms with Crippen molar-refractivity contribution in [1.29, 1.82) is 0 Å². The molecule has 0 aliphatic carbocycles. The Bertz CT molecular complexity index is 931. The van der Waals surface area contributed by atoms with Crippen LogP contribution in [0.3, 0.4) is 0 Å². The van der Waals surface area contributed by atoms with Crippen molar-refractivity contribution in [2.45, 2.75) is 98.0 Å². The van der Waals surface area contributed by atoms with Gasteiger partial charge in [0.15, 0.2) is 0 Å². The Labute approximate surface area is 221 Å². The standard InChI is InChI=1S/C26H43BN4O6/c1-17(2)20(30-23(33)35-24(3,4)5)21(32)31-12-10-11-18(15-31)16-34-22-28-13-19(14-29-22)27-36-25(6,7)26(8,9)37-27/h13-14,17-18,20H,10-12,15-16H2,1-9H3,(H,30,33)/t18-,20-/m0/s1. The first-order chi connectivity index (χ1) is 17.1. The molecule has 0 radical (unpaired) electrons. The van der Waals surface area contributed by atoms with Gasteiger partial charge in [0.05, 0.1) is 17.8 Å². The minimum Gasteiger partial charge on any atom is -0.463 e. The van der Waals surface area contributed by atoms with Crippen LogP contribution in [0, 0.1) is 11.8 Å². The molecule has 3 heterocycles. The fraction of sp³-hybridized carbons (Fsp3) is 0.769. The number of hydrogen-bond donors (Lipinski definition) is 1. The molecule has 1 N–H and O–H groups in total. The lowest BCUT2D eigenvalue weighted by Crippen LogP contribution is -2.54. The third kappa shape index (κ3) is 7.57. The Balaban J connectivity index is 1.53.